The smallest absolute Gasteiger partial charge is 0.295 e. The highest BCUT2D eigenvalue weighted by molar-refractivity contribution is 8.16. The molecule has 21 heavy (non-hydrogen) atoms. The highest BCUT2D eigenvalue weighted by Gasteiger charge is 2.40. The van der Waals surface area contributed by atoms with Gasteiger partial charge in [-0.05, 0) is 48.5 Å². The van der Waals surface area contributed by atoms with E-state index in [4.69, 9.17) is 0 Å². The second-order valence-corrected chi connectivity index (χ2v) is 5.84. The van der Waals surface area contributed by atoms with Crippen LogP contribution in [0, 0.1) is 6.92 Å². The lowest BCUT2D eigenvalue weighted by atomic mass is 10.2. The average molecular weight is 298 g/mol. The Hall–Kier alpha value is -2.27. The van der Waals surface area contributed by atoms with Gasteiger partial charge in [-0.15, -0.1) is 0 Å². The van der Waals surface area contributed by atoms with Crippen LogP contribution in [0.1, 0.15) is 5.56 Å². The Kier molecular flexibility index (Phi) is 3.66. The Morgan fingerprint density at radius 3 is 2.52 bits per heavy atom. The van der Waals surface area contributed by atoms with Crippen LogP contribution in [0.25, 0.3) is 0 Å². The molecule has 1 N–H and O–H groups in total. The topological polar surface area (TPSA) is 49.4 Å². The number of nitrogens with one attached hydrogen (secondary N) is 1. The van der Waals surface area contributed by atoms with Gasteiger partial charge in [0.05, 0.1) is 5.69 Å². The first-order chi connectivity index (χ1) is 10.1. The van der Waals surface area contributed by atoms with Crippen molar-refractivity contribution in [2.75, 3.05) is 10.2 Å². The number of nitrogens with zero attached hydrogens (tertiary/aromatic N) is 1. The van der Waals surface area contributed by atoms with Crippen molar-refractivity contribution in [1.29, 1.82) is 0 Å². The van der Waals surface area contributed by atoms with Crippen molar-refractivity contribution in [3.63, 3.8) is 0 Å². The molecule has 106 valence electrons. The molecule has 0 spiro atoms. The molecule has 1 heterocycles. The summed E-state index contributed by atoms with van der Waals surface area (Å²) in [5.41, 5.74) is 2.54. The number of thioether (sulfide) groups is 1. The van der Waals surface area contributed by atoms with Crippen LogP contribution in [0.15, 0.2) is 54.6 Å². The maximum atomic E-state index is 12.4. The molecule has 3 rings (SSSR count). The average Bonchev–Trinajstić information content (AvgIpc) is 2.74. The van der Waals surface area contributed by atoms with Gasteiger partial charge in [-0.1, -0.05) is 30.3 Å². The van der Waals surface area contributed by atoms with Gasteiger partial charge < -0.3 is 5.32 Å². The molecular formula is C16H14N2O2S. The van der Waals surface area contributed by atoms with Gasteiger partial charge in [0.25, 0.3) is 11.1 Å². The SMILES string of the molecule is Cc1cccc(N[C@@H]2SC(=O)N(c3ccccc3)C2=O)c1. The van der Waals surface area contributed by atoms with Crippen LogP contribution >= 0.6 is 11.8 Å². The number of aryl methyl sites for hydroxylation is 1. The molecule has 0 unspecified atom stereocenters. The van der Waals surface area contributed by atoms with Gasteiger partial charge in [0, 0.05) is 5.69 Å². The molecule has 0 aromatic heterocycles. The van der Waals surface area contributed by atoms with Crippen molar-refractivity contribution in [3.05, 3.63) is 60.2 Å². The quantitative estimate of drug-likeness (QED) is 0.940. The highest BCUT2D eigenvalue weighted by atomic mass is 32.2. The van der Waals surface area contributed by atoms with Crippen molar-refractivity contribution >= 4 is 34.3 Å². The first-order valence-electron chi connectivity index (χ1n) is 6.58. The van der Waals surface area contributed by atoms with E-state index in [0.717, 1.165) is 23.0 Å². The van der Waals surface area contributed by atoms with Crippen LogP contribution in [-0.4, -0.2) is 16.5 Å². The number of amides is 2. The Labute approximate surface area is 127 Å². The Bertz CT molecular complexity index is 688. The van der Waals surface area contributed by atoms with E-state index in [2.05, 4.69) is 5.32 Å². The van der Waals surface area contributed by atoms with Crippen molar-refractivity contribution in [2.24, 2.45) is 0 Å². The number of hydrogen-bond acceptors (Lipinski definition) is 4. The van der Waals surface area contributed by atoms with Crippen LogP contribution < -0.4 is 10.2 Å². The van der Waals surface area contributed by atoms with Gasteiger partial charge in [-0.25, -0.2) is 4.90 Å². The highest BCUT2D eigenvalue weighted by Crippen LogP contribution is 2.32. The fourth-order valence-corrected chi connectivity index (χ4v) is 3.10. The van der Waals surface area contributed by atoms with E-state index in [9.17, 15) is 9.59 Å². The molecule has 0 bridgehead atoms. The molecule has 0 aliphatic carbocycles. The summed E-state index contributed by atoms with van der Waals surface area (Å²) < 4.78 is 0. The van der Waals surface area contributed by atoms with Gasteiger partial charge in [0.15, 0.2) is 5.37 Å². The maximum absolute atomic E-state index is 12.4. The second-order valence-electron chi connectivity index (χ2n) is 4.79. The molecule has 1 aliphatic rings. The van der Waals surface area contributed by atoms with Crippen LogP contribution in [0.5, 0.6) is 0 Å². The Balaban J connectivity index is 1.81. The summed E-state index contributed by atoms with van der Waals surface area (Å²) in [7, 11) is 0. The molecule has 2 amide bonds. The molecule has 5 heteroatoms. The number of rotatable bonds is 3. The first kappa shape index (κ1) is 13.7. The lowest BCUT2D eigenvalue weighted by Gasteiger charge is -2.15. The zero-order valence-corrected chi connectivity index (χ0v) is 12.3. The lowest BCUT2D eigenvalue weighted by molar-refractivity contribution is -0.116. The maximum Gasteiger partial charge on any atom is 0.295 e. The summed E-state index contributed by atoms with van der Waals surface area (Å²) in [4.78, 5) is 25.7. The molecule has 2 aromatic rings. The normalized spacial score (nSPS) is 18.1. The minimum Gasteiger partial charge on any atom is -0.365 e. The van der Waals surface area contributed by atoms with E-state index >= 15 is 0 Å². The van der Waals surface area contributed by atoms with E-state index < -0.39 is 5.37 Å². The van der Waals surface area contributed by atoms with Gasteiger partial charge >= 0.3 is 0 Å². The van der Waals surface area contributed by atoms with E-state index in [-0.39, 0.29) is 11.1 Å². The van der Waals surface area contributed by atoms with E-state index in [1.54, 1.807) is 12.1 Å². The summed E-state index contributed by atoms with van der Waals surface area (Å²) in [5.74, 6) is -0.238. The van der Waals surface area contributed by atoms with Gasteiger partial charge in [-0.2, -0.15) is 0 Å². The van der Waals surface area contributed by atoms with Crippen molar-refractivity contribution in [3.8, 4) is 0 Å². The van der Waals surface area contributed by atoms with Crippen LogP contribution in [0.3, 0.4) is 0 Å². The number of carbonyl (C=O) groups excluding carboxylic acids is 2. The molecule has 0 saturated carbocycles. The van der Waals surface area contributed by atoms with Crippen molar-refractivity contribution in [2.45, 2.75) is 12.3 Å². The monoisotopic (exact) mass is 298 g/mol. The van der Waals surface area contributed by atoms with Gasteiger partial charge in [0.1, 0.15) is 0 Å². The molecule has 4 nitrogen and oxygen atoms in total. The molecule has 1 aliphatic heterocycles. The third-order valence-electron chi connectivity index (χ3n) is 3.18. The van der Waals surface area contributed by atoms with Crippen LogP contribution in [0.2, 0.25) is 0 Å². The summed E-state index contributed by atoms with van der Waals surface area (Å²) in [6.45, 7) is 1.98. The minimum absolute atomic E-state index is 0.238. The number of imide groups is 1. The predicted octanol–water partition coefficient (Wildman–Crippen LogP) is 3.63. The van der Waals surface area contributed by atoms with Crippen LogP contribution in [-0.2, 0) is 4.79 Å². The first-order valence-corrected chi connectivity index (χ1v) is 7.46. The lowest BCUT2D eigenvalue weighted by Crippen LogP contribution is -2.34. The molecule has 0 radical (unpaired) electrons. The van der Waals surface area contributed by atoms with E-state index in [1.807, 2.05) is 49.4 Å². The van der Waals surface area contributed by atoms with Crippen molar-refractivity contribution < 1.29 is 9.59 Å². The van der Waals surface area contributed by atoms with Gasteiger partial charge in [0.2, 0.25) is 0 Å². The fourth-order valence-electron chi connectivity index (χ4n) is 2.20. The second kappa shape index (κ2) is 5.61. The number of anilines is 2. The molecule has 1 fully saturated rings. The zero-order valence-electron chi connectivity index (χ0n) is 11.4. The van der Waals surface area contributed by atoms with Crippen LogP contribution in [0.4, 0.5) is 16.2 Å². The largest absolute Gasteiger partial charge is 0.365 e. The van der Waals surface area contributed by atoms with Gasteiger partial charge in [-0.3, -0.25) is 9.59 Å². The third-order valence-corrected chi connectivity index (χ3v) is 4.12. The standard InChI is InChI=1S/C16H14N2O2S/c1-11-6-5-7-12(10-11)17-14-15(19)18(16(20)21-14)13-8-3-2-4-9-13/h2-10,14,17H,1H3/t14-/m1/s1. The Morgan fingerprint density at radius 2 is 1.81 bits per heavy atom. The number of carbonyl (C=O) groups is 2. The summed E-state index contributed by atoms with van der Waals surface area (Å²) >= 11 is 1.00. The summed E-state index contributed by atoms with van der Waals surface area (Å²) in [6, 6.07) is 16.7. The third kappa shape index (κ3) is 2.78. The number of benzene rings is 2. The van der Waals surface area contributed by atoms with E-state index in [1.165, 1.54) is 4.90 Å². The number of hydrogen-bond donors (Lipinski definition) is 1. The van der Waals surface area contributed by atoms with Crippen molar-refractivity contribution in [1.82, 2.24) is 0 Å². The zero-order chi connectivity index (χ0) is 14.8. The Morgan fingerprint density at radius 1 is 1.05 bits per heavy atom. The molecule has 1 atom stereocenters. The molecular weight excluding hydrogens is 284 g/mol. The predicted molar refractivity (Wildman–Crippen MR) is 85.5 cm³/mol. The van der Waals surface area contributed by atoms with E-state index in [0.29, 0.717) is 5.69 Å². The molecule has 2 aromatic carbocycles. The minimum atomic E-state index is -0.584. The summed E-state index contributed by atoms with van der Waals surface area (Å²) in [5, 5.41) is 2.28. The number of para-hydroxylation sites is 1. The fraction of sp³-hybridized carbons (Fsp3) is 0.125. The summed E-state index contributed by atoms with van der Waals surface area (Å²) in [6.07, 6.45) is 0. The molecule has 1 saturated heterocycles.